The molecule has 62 valence electrons. The van der Waals surface area contributed by atoms with E-state index in [1.165, 1.54) is 0 Å². The maximum atomic E-state index is 11.1. The highest BCUT2D eigenvalue weighted by molar-refractivity contribution is 5.97. The van der Waals surface area contributed by atoms with Gasteiger partial charge in [0.1, 0.15) is 0 Å². The SMILES string of the molecule is CC(=O)c1ccn2c1C=CCC2. The van der Waals surface area contributed by atoms with Crippen molar-refractivity contribution >= 4 is 11.9 Å². The van der Waals surface area contributed by atoms with Crippen LogP contribution in [0.5, 0.6) is 0 Å². The molecule has 0 radical (unpaired) electrons. The molecule has 0 aliphatic carbocycles. The molecule has 0 N–H and O–H groups in total. The number of hydrogen-bond donors (Lipinski definition) is 0. The number of rotatable bonds is 1. The van der Waals surface area contributed by atoms with Gasteiger partial charge in [0, 0.05) is 18.3 Å². The molecule has 0 bridgehead atoms. The van der Waals surface area contributed by atoms with Crippen LogP contribution in [-0.2, 0) is 6.54 Å². The van der Waals surface area contributed by atoms with Gasteiger partial charge in [0.15, 0.2) is 5.78 Å². The van der Waals surface area contributed by atoms with E-state index in [1.54, 1.807) is 6.92 Å². The first-order valence-corrected chi connectivity index (χ1v) is 4.15. The molecule has 0 spiro atoms. The fraction of sp³-hybridized carbons (Fsp3) is 0.300. The van der Waals surface area contributed by atoms with Crippen LogP contribution in [0.4, 0.5) is 0 Å². The maximum Gasteiger partial charge on any atom is 0.161 e. The lowest BCUT2D eigenvalue weighted by Gasteiger charge is -2.09. The number of Topliss-reactive ketones (excluding diaryl/α,β-unsaturated/α-hetero) is 1. The number of fused-ring (bicyclic) bond motifs is 1. The molecule has 1 aliphatic heterocycles. The van der Waals surface area contributed by atoms with Gasteiger partial charge in [-0.3, -0.25) is 4.79 Å². The van der Waals surface area contributed by atoms with E-state index in [-0.39, 0.29) is 5.78 Å². The largest absolute Gasteiger partial charge is 0.347 e. The van der Waals surface area contributed by atoms with Crippen LogP contribution in [0.3, 0.4) is 0 Å². The Morgan fingerprint density at radius 3 is 3.17 bits per heavy atom. The van der Waals surface area contributed by atoms with Gasteiger partial charge < -0.3 is 4.57 Å². The summed E-state index contributed by atoms with van der Waals surface area (Å²) < 4.78 is 2.12. The van der Waals surface area contributed by atoms with Crippen molar-refractivity contribution in [2.45, 2.75) is 19.9 Å². The molecule has 2 rings (SSSR count). The minimum Gasteiger partial charge on any atom is -0.347 e. The van der Waals surface area contributed by atoms with Crippen molar-refractivity contribution < 1.29 is 4.79 Å². The maximum absolute atomic E-state index is 11.1. The molecule has 0 saturated carbocycles. The Balaban J connectivity index is 2.54. The molecule has 0 saturated heterocycles. The third kappa shape index (κ3) is 0.998. The van der Waals surface area contributed by atoms with Gasteiger partial charge >= 0.3 is 0 Å². The van der Waals surface area contributed by atoms with Crippen LogP contribution in [0, 0.1) is 0 Å². The quantitative estimate of drug-likeness (QED) is 0.578. The third-order valence-electron chi connectivity index (χ3n) is 2.20. The molecule has 0 amide bonds. The monoisotopic (exact) mass is 161 g/mol. The molecule has 0 unspecified atom stereocenters. The fourth-order valence-corrected chi connectivity index (χ4v) is 1.57. The summed E-state index contributed by atoms with van der Waals surface area (Å²) in [5.74, 6) is 0.148. The first kappa shape index (κ1) is 7.35. The number of hydrogen-bond acceptors (Lipinski definition) is 1. The van der Waals surface area contributed by atoms with Crippen LogP contribution >= 0.6 is 0 Å². The number of allylic oxidation sites excluding steroid dienone is 1. The first-order valence-electron chi connectivity index (χ1n) is 4.15. The van der Waals surface area contributed by atoms with Crippen LogP contribution in [0.1, 0.15) is 29.4 Å². The van der Waals surface area contributed by atoms with Crippen molar-refractivity contribution in [3.05, 3.63) is 29.6 Å². The van der Waals surface area contributed by atoms with E-state index in [4.69, 9.17) is 0 Å². The van der Waals surface area contributed by atoms with E-state index in [2.05, 4.69) is 10.6 Å². The predicted octanol–water partition coefficient (Wildman–Crippen LogP) is 2.11. The van der Waals surface area contributed by atoms with E-state index in [1.807, 2.05) is 18.3 Å². The van der Waals surface area contributed by atoms with E-state index in [0.717, 1.165) is 24.2 Å². The number of aromatic nitrogens is 1. The molecule has 2 heterocycles. The Morgan fingerprint density at radius 2 is 2.42 bits per heavy atom. The third-order valence-corrected chi connectivity index (χ3v) is 2.20. The molecule has 0 atom stereocenters. The smallest absolute Gasteiger partial charge is 0.161 e. The van der Waals surface area contributed by atoms with Gasteiger partial charge in [-0.15, -0.1) is 0 Å². The Morgan fingerprint density at radius 1 is 1.58 bits per heavy atom. The second kappa shape index (κ2) is 2.63. The van der Waals surface area contributed by atoms with Crippen LogP contribution in [0.25, 0.3) is 6.08 Å². The normalized spacial score (nSPS) is 14.4. The lowest BCUT2D eigenvalue weighted by atomic mass is 10.1. The van der Waals surface area contributed by atoms with E-state index < -0.39 is 0 Å². The van der Waals surface area contributed by atoms with Crippen LogP contribution in [-0.4, -0.2) is 10.4 Å². The second-order valence-electron chi connectivity index (χ2n) is 3.06. The van der Waals surface area contributed by atoms with Gasteiger partial charge in [0.2, 0.25) is 0 Å². The molecule has 1 aromatic heterocycles. The van der Waals surface area contributed by atoms with Gasteiger partial charge in [-0.25, -0.2) is 0 Å². The molecular formula is C10H11NO. The number of carbonyl (C=O) groups excluding carboxylic acids is 1. The molecule has 0 aromatic carbocycles. The molecular weight excluding hydrogens is 150 g/mol. The number of nitrogens with zero attached hydrogens (tertiary/aromatic N) is 1. The number of carbonyl (C=O) groups is 1. The highest BCUT2D eigenvalue weighted by Gasteiger charge is 2.11. The van der Waals surface area contributed by atoms with Gasteiger partial charge in [0.25, 0.3) is 0 Å². The zero-order chi connectivity index (χ0) is 8.55. The second-order valence-corrected chi connectivity index (χ2v) is 3.06. The van der Waals surface area contributed by atoms with Crippen molar-refractivity contribution in [3.63, 3.8) is 0 Å². The van der Waals surface area contributed by atoms with Gasteiger partial charge in [-0.1, -0.05) is 6.08 Å². The highest BCUT2D eigenvalue weighted by Crippen LogP contribution is 2.18. The summed E-state index contributed by atoms with van der Waals surface area (Å²) in [6.07, 6.45) is 7.19. The first-order chi connectivity index (χ1) is 5.79. The molecule has 12 heavy (non-hydrogen) atoms. The fourth-order valence-electron chi connectivity index (χ4n) is 1.57. The van der Waals surface area contributed by atoms with Crippen LogP contribution < -0.4 is 0 Å². The summed E-state index contributed by atoms with van der Waals surface area (Å²) in [6, 6.07) is 1.90. The van der Waals surface area contributed by atoms with Crippen LogP contribution in [0.2, 0.25) is 0 Å². The van der Waals surface area contributed by atoms with E-state index in [9.17, 15) is 4.79 Å². The summed E-state index contributed by atoms with van der Waals surface area (Å²) >= 11 is 0. The Hall–Kier alpha value is -1.31. The van der Waals surface area contributed by atoms with E-state index in [0.29, 0.717) is 0 Å². The van der Waals surface area contributed by atoms with Crippen molar-refractivity contribution in [2.24, 2.45) is 0 Å². The van der Waals surface area contributed by atoms with Crippen molar-refractivity contribution in [2.75, 3.05) is 0 Å². The van der Waals surface area contributed by atoms with Gasteiger partial charge in [-0.05, 0) is 25.5 Å². The molecule has 2 heteroatoms. The Bertz CT molecular complexity index is 347. The van der Waals surface area contributed by atoms with Crippen molar-refractivity contribution in [1.82, 2.24) is 4.57 Å². The van der Waals surface area contributed by atoms with Gasteiger partial charge in [-0.2, -0.15) is 0 Å². The average molecular weight is 161 g/mol. The lowest BCUT2D eigenvalue weighted by Crippen LogP contribution is -2.04. The van der Waals surface area contributed by atoms with Crippen molar-refractivity contribution in [1.29, 1.82) is 0 Å². The average Bonchev–Trinajstić information content (AvgIpc) is 2.47. The summed E-state index contributed by atoms with van der Waals surface area (Å²) in [6.45, 7) is 2.61. The minimum absolute atomic E-state index is 0.148. The lowest BCUT2D eigenvalue weighted by molar-refractivity contribution is 0.101. The number of aryl methyl sites for hydroxylation is 1. The zero-order valence-corrected chi connectivity index (χ0v) is 7.08. The standard InChI is InChI=1S/C10H11NO/c1-8(12)9-5-7-11-6-3-2-4-10(9)11/h2,4-5,7H,3,6H2,1H3. The van der Waals surface area contributed by atoms with Crippen molar-refractivity contribution in [3.8, 4) is 0 Å². The van der Waals surface area contributed by atoms with Gasteiger partial charge in [0.05, 0.1) is 5.69 Å². The summed E-state index contributed by atoms with van der Waals surface area (Å²) in [4.78, 5) is 11.1. The van der Waals surface area contributed by atoms with E-state index >= 15 is 0 Å². The van der Waals surface area contributed by atoms with Crippen LogP contribution in [0.15, 0.2) is 18.3 Å². The Labute approximate surface area is 71.5 Å². The number of ketones is 1. The predicted molar refractivity (Wildman–Crippen MR) is 48.1 cm³/mol. The summed E-state index contributed by atoms with van der Waals surface area (Å²) in [5, 5.41) is 0. The topological polar surface area (TPSA) is 22.0 Å². The molecule has 2 nitrogen and oxygen atoms in total. The molecule has 1 aliphatic rings. The zero-order valence-electron chi connectivity index (χ0n) is 7.08. The minimum atomic E-state index is 0.148. The molecule has 0 fully saturated rings. The molecule has 1 aromatic rings. The summed E-state index contributed by atoms with van der Waals surface area (Å²) in [5.41, 5.74) is 1.90. The summed E-state index contributed by atoms with van der Waals surface area (Å²) in [7, 11) is 0. The highest BCUT2D eigenvalue weighted by atomic mass is 16.1. The Kier molecular flexibility index (Phi) is 1.61.